The van der Waals surface area contributed by atoms with Gasteiger partial charge in [0.15, 0.2) is 0 Å². The number of aromatic nitrogens is 1. The van der Waals surface area contributed by atoms with Crippen LogP contribution in [0, 0.1) is 5.92 Å². The minimum atomic E-state index is -3.31. The van der Waals surface area contributed by atoms with E-state index in [9.17, 15) is 8.42 Å². The monoisotopic (exact) mass is 297 g/mol. The summed E-state index contributed by atoms with van der Waals surface area (Å²) in [6.45, 7) is 4.34. The number of aryl methyl sites for hydroxylation is 1. The highest BCUT2D eigenvalue weighted by molar-refractivity contribution is 7.89. The fraction of sp³-hybridized carbons (Fsp3) is 0.714. The van der Waals surface area contributed by atoms with E-state index in [1.54, 1.807) is 10.5 Å². The van der Waals surface area contributed by atoms with Crippen LogP contribution in [0.15, 0.2) is 17.2 Å². The third kappa shape index (κ3) is 2.29. The normalized spacial score (nSPS) is 26.5. The largest absolute Gasteiger partial charge is 0.352 e. The van der Waals surface area contributed by atoms with Crippen LogP contribution < -0.4 is 5.32 Å². The van der Waals surface area contributed by atoms with Gasteiger partial charge in [-0.05, 0) is 37.8 Å². The Balaban J connectivity index is 1.84. The first-order valence-electron chi connectivity index (χ1n) is 7.40. The second kappa shape index (κ2) is 5.16. The maximum atomic E-state index is 12.8. The highest BCUT2D eigenvalue weighted by Gasteiger charge is 2.44. The molecule has 2 aliphatic rings. The van der Waals surface area contributed by atoms with E-state index in [2.05, 4.69) is 5.32 Å². The highest BCUT2D eigenvalue weighted by Crippen LogP contribution is 2.40. The summed E-state index contributed by atoms with van der Waals surface area (Å²) < 4.78 is 29.1. The first-order valence-corrected chi connectivity index (χ1v) is 8.84. The van der Waals surface area contributed by atoms with Gasteiger partial charge in [-0.1, -0.05) is 6.92 Å². The molecule has 1 aliphatic heterocycles. The Hall–Kier alpha value is -0.850. The van der Waals surface area contributed by atoms with Gasteiger partial charge in [-0.15, -0.1) is 0 Å². The fourth-order valence-corrected chi connectivity index (χ4v) is 5.29. The van der Waals surface area contributed by atoms with Gasteiger partial charge in [0.2, 0.25) is 10.0 Å². The van der Waals surface area contributed by atoms with Crippen LogP contribution in [0.2, 0.25) is 0 Å². The predicted molar refractivity (Wildman–Crippen MR) is 77.8 cm³/mol. The average molecular weight is 297 g/mol. The summed E-state index contributed by atoms with van der Waals surface area (Å²) in [5.41, 5.74) is 1.01. The molecule has 2 unspecified atom stereocenters. The van der Waals surface area contributed by atoms with Gasteiger partial charge in [0, 0.05) is 38.1 Å². The molecule has 2 bridgehead atoms. The summed E-state index contributed by atoms with van der Waals surface area (Å²) in [4.78, 5) is 0.445. The van der Waals surface area contributed by atoms with Crippen molar-refractivity contribution in [2.75, 3.05) is 13.1 Å². The molecule has 1 saturated carbocycles. The van der Waals surface area contributed by atoms with Gasteiger partial charge in [-0.25, -0.2) is 8.42 Å². The molecule has 0 spiro atoms. The molecule has 0 aromatic carbocycles. The lowest BCUT2D eigenvalue weighted by atomic mass is 10.1. The zero-order chi connectivity index (χ0) is 14.3. The van der Waals surface area contributed by atoms with Crippen LogP contribution >= 0.6 is 0 Å². The summed E-state index contributed by atoms with van der Waals surface area (Å²) >= 11 is 0. The second-order valence-electron chi connectivity index (χ2n) is 5.97. The smallest absolute Gasteiger partial charge is 0.244 e. The molecule has 0 radical (unpaired) electrons. The molecule has 5 nitrogen and oxygen atoms in total. The van der Waals surface area contributed by atoms with Crippen molar-refractivity contribution in [1.82, 2.24) is 14.2 Å². The van der Waals surface area contributed by atoms with E-state index >= 15 is 0 Å². The summed E-state index contributed by atoms with van der Waals surface area (Å²) in [6, 6.07) is 2.05. The quantitative estimate of drug-likeness (QED) is 0.891. The fourth-order valence-electron chi connectivity index (χ4n) is 3.46. The van der Waals surface area contributed by atoms with Crippen molar-refractivity contribution in [2.24, 2.45) is 13.0 Å². The Kier molecular flexibility index (Phi) is 3.64. The van der Waals surface area contributed by atoms with E-state index in [-0.39, 0.29) is 6.04 Å². The highest BCUT2D eigenvalue weighted by atomic mass is 32.2. The summed E-state index contributed by atoms with van der Waals surface area (Å²) in [5.74, 6) is 0.583. The molecule has 1 aromatic heterocycles. The van der Waals surface area contributed by atoms with Crippen LogP contribution in [0.25, 0.3) is 0 Å². The molecule has 20 heavy (non-hydrogen) atoms. The lowest BCUT2D eigenvalue weighted by Gasteiger charge is -2.25. The van der Waals surface area contributed by atoms with Crippen LogP contribution in [-0.2, 0) is 23.6 Å². The zero-order valence-electron chi connectivity index (χ0n) is 12.2. The van der Waals surface area contributed by atoms with Crippen molar-refractivity contribution < 1.29 is 8.42 Å². The molecule has 2 atom stereocenters. The van der Waals surface area contributed by atoms with Gasteiger partial charge >= 0.3 is 0 Å². The summed E-state index contributed by atoms with van der Waals surface area (Å²) in [6.07, 6.45) is 5.02. The van der Waals surface area contributed by atoms with Gasteiger partial charge in [-0.3, -0.25) is 0 Å². The second-order valence-corrected chi connectivity index (χ2v) is 7.86. The van der Waals surface area contributed by atoms with Crippen LogP contribution in [0.1, 0.15) is 31.9 Å². The van der Waals surface area contributed by atoms with Crippen molar-refractivity contribution >= 4 is 10.0 Å². The van der Waals surface area contributed by atoms with Crippen LogP contribution in [-0.4, -0.2) is 36.4 Å². The molecule has 6 heteroatoms. The maximum absolute atomic E-state index is 12.8. The number of sulfonamides is 1. The summed E-state index contributed by atoms with van der Waals surface area (Å²) in [7, 11) is -1.41. The zero-order valence-corrected chi connectivity index (χ0v) is 13.0. The third-order valence-corrected chi connectivity index (χ3v) is 6.49. The number of nitrogens with zero attached hydrogens (tertiary/aromatic N) is 2. The van der Waals surface area contributed by atoms with Crippen molar-refractivity contribution in [3.05, 3.63) is 18.0 Å². The summed E-state index contributed by atoms with van der Waals surface area (Å²) in [5, 5.41) is 3.24. The molecular weight excluding hydrogens is 274 g/mol. The van der Waals surface area contributed by atoms with E-state index < -0.39 is 10.0 Å². The Bertz CT molecular complexity index is 594. The van der Waals surface area contributed by atoms with Gasteiger partial charge in [-0.2, -0.15) is 4.31 Å². The Morgan fingerprint density at radius 1 is 1.40 bits per heavy atom. The molecule has 3 rings (SSSR count). The number of nitrogens with one attached hydrogen (secondary N) is 1. The van der Waals surface area contributed by atoms with E-state index in [4.69, 9.17) is 0 Å². The molecule has 1 saturated heterocycles. The first kappa shape index (κ1) is 14.1. The van der Waals surface area contributed by atoms with Gasteiger partial charge in [0.05, 0.1) is 0 Å². The molecule has 2 heterocycles. The van der Waals surface area contributed by atoms with Crippen LogP contribution in [0.5, 0.6) is 0 Å². The van der Waals surface area contributed by atoms with Crippen molar-refractivity contribution in [1.29, 1.82) is 0 Å². The molecule has 1 N–H and O–H groups in total. The Morgan fingerprint density at radius 3 is 2.80 bits per heavy atom. The standard InChI is InChI=1S/C14H23N3O2S/c1-3-15-8-13-7-14(10-16(13)2)20(18,19)17-9-11-4-5-12(17)6-11/h7,10-12,15H,3-6,8-9H2,1-2H3. The topological polar surface area (TPSA) is 54.3 Å². The van der Waals surface area contributed by atoms with Crippen LogP contribution in [0.4, 0.5) is 0 Å². The lowest BCUT2D eigenvalue weighted by Crippen LogP contribution is -2.37. The Morgan fingerprint density at radius 2 is 2.20 bits per heavy atom. The molecular formula is C14H23N3O2S. The Labute approximate surface area is 121 Å². The SMILES string of the molecule is CCNCc1cc(S(=O)(=O)N2CC3CCC2C3)cn1C. The maximum Gasteiger partial charge on any atom is 0.244 e. The third-order valence-electron chi connectivity index (χ3n) is 4.60. The molecule has 112 valence electrons. The molecule has 2 fully saturated rings. The van der Waals surface area contributed by atoms with Gasteiger partial charge in [0.1, 0.15) is 4.90 Å². The predicted octanol–water partition coefficient (Wildman–Crippen LogP) is 1.31. The number of rotatable bonds is 5. The molecule has 1 aromatic rings. The lowest BCUT2D eigenvalue weighted by molar-refractivity contribution is 0.333. The van der Waals surface area contributed by atoms with Gasteiger partial charge < -0.3 is 9.88 Å². The average Bonchev–Trinajstić information content (AvgIpc) is 3.11. The van der Waals surface area contributed by atoms with Crippen molar-refractivity contribution in [2.45, 2.75) is 43.7 Å². The van der Waals surface area contributed by atoms with Gasteiger partial charge in [0.25, 0.3) is 0 Å². The molecule has 1 aliphatic carbocycles. The van der Waals surface area contributed by atoms with Crippen LogP contribution in [0.3, 0.4) is 0 Å². The number of piperidine rings is 1. The van der Waals surface area contributed by atoms with Crippen molar-refractivity contribution in [3.8, 4) is 0 Å². The van der Waals surface area contributed by atoms with E-state index in [0.717, 1.165) is 25.1 Å². The van der Waals surface area contributed by atoms with Crippen molar-refractivity contribution in [3.63, 3.8) is 0 Å². The minimum Gasteiger partial charge on any atom is -0.352 e. The number of hydrogen-bond acceptors (Lipinski definition) is 3. The van der Waals surface area contributed by atoms with E-state index in [1.165, 1.54) is 6.42 Å². The molecule has 0 amide bonds. The van der Waals surface area contributed by atoms with E-state index in [1.807, 2.05) is 24.6 Å². The first-order chi connectivity index (χ1) is 9.52. The number of fused-ring (bicyclic) bond motifs is 2. The minimum absolute atomic E-state index is 0.238. The van der Waals surface area contributed by atoms with E-state index in [0.29, 0.717) is 23.9 Å². The number of hydrogen-bond donors (Lipinski definition) is 1.